The molecule has 0 aliphatic heterocycles. The van der Waals surface area contributed by atoms with E-state index in [9.17, 15) is 4.79 Å². The van der Waals surface area contributed by atoms with E-state index >= 15 is 0 Å². The first kappa shape index (κ1) is 15.8. The van der Waals surface area contributed by atoms with Gasteiger partial charge in [0.1, 0.15) is 11.4 Å². The van der Waals surface area contributed by atoms with Crippen molar-refractivity contribution in [3.05, 3.63) is 89.3 Å². The maximum Gasteiger partial charge on any atom is 0.209 e. The molecule has 0 N–H and O–H groups in total. The van der Waals surface area contributed by atoms with Crippen molar-refractivity contribution in [3.8, 4) is 28.5 Å². The van der Waals surface area contributed by atoms with E-state index in [-0.39, 0.29) is 5.43 Å². The Morgan fingerprint density at radius 1 is 0.923 bits per heavy atom. The first-order valence-corrected chi connectivity index (χ1v) is 8.11. The predicted octanol–water partition coefficient (Wildman–Crippen LogP) is 3.09. The molecule has 0 amide bonds. The summed E-state index contributed by atoms with van der Waals surface area (Å²) >= 11 is 0. The van der Waals surface area contributed by atoms with E-state index in [0.717, 1.165) is 11.4 Å². The van der Waals surface area contributed by atoms with Gasteiger partial charge in [0.05, 0.1) is 24.7 Å². The molecule has 2 heterocycles. The standard InChI is InChI=1S/C20H16N4O2/c1-26-19-10-6-5-9-16(19)24-17(11-13-21-24)20-18(25)12-14-23(22-20)15-7-3-2-4-8-15/h2-14H,1H3. The molecule has 0 saturated carbocycles. The SMILES string of the molecule is COc1ccccc1-n1nccc1-c1nn(-c2ccccc2)ccc1=O. The third-order valence-corrected chi connectivity index (χ3v) is 4.03. The van der Waals surface area contributed by atoms with Gasteiger partial charge >= 0.3 is 0 Å². The highest BCUT2D eigenvalue weighted by Crippen LogP contribution is 2.25. The number of rotatable bonds is 4. The number of aromatic nitrogens is 4. The first-order valence-electron chi connectivity index (χ1n) is 8.11. The zero-order chi connectivity index (χ0) is 17.9. The second-order valence-electron chi connectivity index (χ2n) is 5.61. The zero-order valence-electron chi connectivity index (χ0n) is 14.1. The summed E-state index contributed by atoms with van der Waals surface area (Å²) in [4.78, 5) is 12.5. The highest BCUT2D eigenvalue weighted by molar-refractivity contribution is 5.59. The lowest BCUT2D eigenvalue weighted by Crippen LogP contribution is -2.15. The fourth-order valence-electron chi connectivity index (χ4n) is 2.79. The van der Waals surface area contributed by atoms with Crippen LogP contribution in [-0.2, 0) is 0 Å². The fourth-order valence-corrected chi connectivity index (χ4v) is 2.79. The number of hydrogen-bond donors (Lipinski definition) is 0. The average Bonchev–Trinajstić information content (AvgIpc) is 3.18. The largest absolute Gasteiger partial charge is 0.494 e. The van der Waals surface area contributed by atoms with Crippen molar-refractivity contribution in [2.75, 3.05) is 7.11 Å². The summed E-state index contributed by atoms with van der Waals surface area (Å²) in [5.74, 6) is 0.664. The van der Waals surface area contributed by atoms with Crippen molar-refractivity contribution >= 4 is 0 Å². The van der Waals surface area contributed by atoms with Crippen LogP contribution in [0.4, 0.5) is 0 Å². The van der Waals surface area contributed by atoms with Gasteiger partial charge in [0, 0.05) is 12.3 Å². The van der Waals surface area contributed by atoms with Crippen molar-refractivity contribution in [1.82, 2.24) is 19.6 Å². The lowest BCUT2D eigenvalue weighted by atomic mass is 10.2. The molecule has 6 nitrogen and oxygen atoms in total. The summed E-state index contributed by atoms with van der Waals surface area (Å²) in [5.41, 5.74) is 2.36. The molecule has 128 valence electrons. The summed E-state index contributed by atoms with van der Waals surface area (Å²) < 4.78 is 8.76. The van der Waals surface area contributed by atoms with E-state index in [4.69, 9.17) is 4.74 Å². The maximum atomic E-state index is 12.5. The van der Waals surface area contributed by atoms with Gasteiger partial charge in [-0.05, 0) is 30.3 Å². The lowest BCUT2D eigenvalue weighted by Gasteiger charge is -2.12. The Bertz CT molecular complexity index is 1100. The second-order valence-corrected chi connectivity index (χ2v) is 5.61. The zero-order valence-corrected chi connectivity index (χ0v) is 14.1. The molecule has 6 heteroatoms. The summed E-state index contributed by atoms with van der Waals surface area (Å²) in [6.07, 6.45) is 3.30. The molecule has 0 aliphatic carbocycles. The molecule has 0 saturated heterocycles. The lowest BCUT2D eigenvalue weighted by molar-refractivity contribution is 0.412. The molecule has 0 aliphatic rings. The Morgan fingerprint density at radius 2 is 1.69 bits per heavy atom. The molecule has 26 heavy (non-hydrogen) atoms. The minimum atomic E-state index is -0.172. The van der Waals surface area contributed by atoms with E-state index in [1.54, 1.807) is 34.9 Å². The Labute approximate surface area is 149 Å². The van der Waals surface area contributed by atoms with Crippen LogP contribution in [0.5, 0.6) is 5.75 Å². The van der Waals surface area contributed by atoms with Gasteiger partial charge < -0.3 is 4.74 Å². The maximum absolute atomic E-state index is 12.5. The second kappa shape index (κ2) is 6.68. The minimum absolute atomic E-state index is 0.172. The van der Waals surface area contributed by atoms with Crippen molar-refractivity contribution in [2.24, 2.45) is 0 Å². The highest BCUT2D eigenvalue weighted by Gasteiger charge is 2.15. The normalized spacial score (nSPS) is 10.7. The van der Waals surface area contributed by atoms with E-state index in [1.807, 2.05) is 54.6 Å². The molecular formula is C20H16N4O2. The van der Waals surface area contributed by atoms with Crippen LogP contribution in [0.1, 0.15) is 0 Å². The summed E-state index contributed by atoms with van der Waals surface area (Å²) in [6.45, 7) is 0. The Kier molecular flexibility index (Phi) is 4.07. The van der Waals surface area contributed by atoms with Gasteiger partial charge in [0.15, 0.2) is 5.69 Å². The topological polar surface area (TPSA) is 61.9 Å². The van der Waals surface area contributed by atoms with Crippen molar-refractivity contribution in [1.29, 1.82) is 0 Å². The van der Waals surface area contributed by atoms with Crippen LogP contribution in [-0.4, -0.2) is 26.7 Å². The molecule has 0 unspecified atom stereocenters. The van der Waals surface area contributed by atoms with Gasteiger partial charge in [0.2, 0.25) is 5.43 Å². The number of nitrogens with zero attached hydrogens (tertiary/aromatic N) is 4. The Morgan fingerprint density at radius 3 is 2.50 bits per heavy atom. The van der Waals surface area contributed by atoms with Gasteiger partial charge in [-0.3, -0.25) is 4.79 Å². The molecule has 0 spiro atoms. The molecular weight excluding hydrogens is 328 g/mol. The summed E-state index contributed by atoms with van der Waals surface area (Å²) in [6, 6.07) is 20.4. The smallest absolute Gasteiger partial charge is 0.209 e. The van der Waals surface area contributed by atoms with E-state index in [1.165, 1.54) is 6.07 Å². The van der Waals surface area contributed by atoms with Crippen LogP contribution in [0.3, 0.4) is 0 Å². The molecule has 0 bridgehead atoms. The molecule has 2 aromatic carbocycles. The summed E-state index contributed by atoms with van der Waals surface area (Å²) in [7, 11) is 1.60. The predicted molar refractivity (Wildman–Crippen MR) is 98.9 cm³/mol. The number of hydrogen-bond acceptors (Lipinski definition) is 4. The molecule has 4 rings (SSSR count). The Balaban J connectivity index is 1.88. The van der Waals surface area contributed by atoms with Gasteiger partial charge in [-0.15, -0.1) is 0 Å². The third-order valence-electron chi connectivity index (χ3n) is 4.03. The monoisotopic (exact) mass is 344 g/mol. The van der Waals surface area contributed by atoms with E-state index in [2.05, 4.69) is 10.2 Å². The van der Waals surface area contributed by atoms with E-state index in [0.29, 0.717) is 17.1 Å². The van der Waals surface area contributed by atoms with Gasteiger partial charge in [-0.1, -0.05) is 30.3 Å². The van der Waals surface area contributed by atoms with Crippen molar-refractivity contribution in [2.45, 2.75) is 0 Å². The van der Waals surface area contributed by atoms with Gasteiger partial charge in [-0.25, -0.2) is 9.36 Å². The van der Waals surface area contributed by atoms with E-state index < -0.39 is 0 Å². The molecule has 0 fully saturated rings. The number of benzene rings is 2. The van der Waals surface area contributed by atoms with Crippen molar-refractivity contribution < 1.29 is 4.74 Å². The number of ether oxygens (including phenoxy) is 1. The fraction of sp³-hybridized carbons (Fsp3) is 0.0500. The van der Waals surface area contributed by atoms with Crippen molar-refractivity contribution in [3.63, 3.8) is 0 Å². The number of para-hydroxylation sites is 3. The van der Waals surface area contributed by atoms with Gasteiger partial charge in [0.25, 0.3) is 0 Å². The third kappa shape index (κ3) is 2.77. The van der Waals surface area contributed by atoms with Crippen LogP contribution in [0.2, 0.25) is 0 Å². The minimum Gasteiger partial charge on any atom is -0.494 e. The van der Waals surface area contributed by atoms with Gasteiger partial charge in [-0.2, -0.15) is 10.2 Å². The Hall–Kier alpha value is -3.67. The average molecular weight is 344 g/mol. The summed E-state index contributed by atoms with van der Waals surface area (Å²) in [5, 5.41) is 8.89. The van der Waals surface area contributed by atoms with Crippen LogP contribution in [0.25, 0.3) is 22.8 Å². The molecule has 4 aromatic rings. The first-order chi connectivity index (χ1) is 12.8. The quantitative estimate of drug-likeness (QED) is 0.571. The van der Waals surface area contributed by atoms with Crippen LogP contribution < -0.4 is 10.2 Å². The highest BCUT2D eigenvalue weighted by atomic mass is 16.5. The molecule has 0 atom stereocenters. The number of methoxy groups -OCH3 is 1. The molecule has 2 aromatic heterocycles. The molecule has 0 radical (unpaired) electrons. The van der Waals surface area contributed by atoms with Crippen LogP contribution >= 0.6 is 0 Å². The van der Waals surface area contributed by atoms with Crippen LogP contribution in [0, 0.1) is 0 Å². The van der Waals surface area contributed by atoms with Crippen LogP contribution in [0.15, 0.2) is 83.9 Å².